The number of benzene rings is 2. The van der Waals surface area contributed by atoms with Crippen LogP contribution in [0.5, 0.6) is 0 Å². The van der Waals surface area contributed by atoms with Crippen LogP contribution in [0.15, 0.2) is 42.5 Å². The summed E-state index contributed by atoms with van der Waals surface area (Å²) in [6.07, 6.45) is 0.463. The summed E-state index contributed by atoms with van der Waals surface area (Å²) in [6, 6.07) is 13.7. The second-order valence-electron chi connectivity index (χ2n) is 8.87. The summed E-state index contributed by atoms with van der Waals surface area (Å²) in [4.78, 5) is 13.2. The zero-order valence-corrected chi connectivity index (χ0v) is 19.0. The zero-order valence-electron chi connectivity index (χ0n) is 19.0. The lowest BCUT2D eigenvalue weighted by molar-refractivity contribution is -0.0386. The molecular formula is C26H36O3. The average Bonchev–Trinajstić information content (AvgIpc) is 2.71. The fraction of sp³-hybridized carbons (Fsp3) is 0.500. The monoisotopic (exact) mass is 396 g/mol. The Bertz CT molecular complexity index is 792. The minimum Gasteiger partial charge on any atom is -0.459 e. The fourth-order valence-electron chi connectivity index (χ4n) is 3.59. The molecule has 29 heavy (non-hydrogen) atoms. The number of rotatable bonds is 8. The van der Waals surface area contributed by atoms with Crippen LogP contribution in [0, 0.1) is 0 Å². The van der Waals surface area contributed by atoms with Crippen molar-refractivity contribution in [1.29, 1.82) is 0 Å². The molecule has 0 saturated heterocycles. The van der Waals surface area contributed by atoms with Crippen molar-refractivity contribution in [2.24, 2.45) is 0 Å². The Hall–Kier alpha value is -2.13. The quantitative estimate of drug-likeness (QED) is 0.517. The van der Waals surface area contributed by atoms with E-state index in [-0.39, 0.29) is 24.4 Å². The maximum absolute atomic E-state index is 13.2. The maximum atomic E-state index is 13.2. The Labute approximate surface area is 176 Å². The smallest absolute Gasteiger partial charge is 0.338 e. The molecule has 0 amide bonds. The van der Waals surface area contributed by atoms with Gasteiger partial charge in [-0.05, 0) is 46.4 Å². The summed E-state index contributed by atoms with van der Waals surface area (Å²) >= 11 is 0. The van der Waals surface area contributed by atoms with Crippen LogP contribution in [0.1, 0.15) is 105 Å². The highest BCUT2D eigenvalue weighted by atomic mass is 16.5. The van der Waals surface area contributed by atoms with Crippen LogP contribution in [0.3, 0.4) is 0 Å². The topological polar surface area (TPSA) is 46.5 Å². The minimum atomic E-state index is -1.19. The molecule has 158 valence electrons. The molecule has 0 aromatic heterocycles. The number of carbonyl (C=O) groups is 1. The standard InChI is InChI=1S/C26H36O3/c1-8-26(28,21-12-10-9-11-13-21)16-29-25(27)24-22(18(4)5)14-20(17(2)3)15-23(24)19(6)7/h9-15,17-19,28H,8,16H2,1-7H3. The first-order chi connectivity index (χ1) is 13.6. The van der Waals surface area contributed by atoms with Gasteiger partial charge in [-0.1, -0.05) is 90.9 Å². The molecule has 2 aromatic carbocycles. The molecule has 0 aliphatic carbocycles. The average molecular weight is 397 g/mol. The third-order valence-electron chi connectivity index (χ3n) is 5.67. The molecular weight excluding hydrogens is 360 g/mol. The summed E-state index contributed by atoms with van der Waals surface area (Å²) in [5, 5.41) is 11.1. The molecule has 0 radical (unpaired) electrons. The molecule has 0 heterocycles. The molecule has 2 rings (SSSR count). The number of esters is 1. The predicted molar refractivity (Wildman–Crippen MR) is 120 cm³/mol. The van der Waals surface area contributed by atoms with Crippen molar-refractivity contribution in [2.45, 2.75) is 78.2 Å². The van der Waals surface area contributed by atoms with Crippen LogP contribution in [-0.4, -0.2) is 17.7 Å². The highest BCUT2D eigenvalue weighted by molar-refractivity contribution is 5.93. The molecule has 2 aromatic rings. The first-order valence-corrected chi connectivity index (χ1v) is 10.7. The number of hydrogen-bond acceptors (Lipinski definition) is 3. The van der Waals surface area contributed by atoms with E-state index >= 15 is 0 Å². The zero-order chi connectivity index (χ0) is 21.8. The van der Waals surface area contributed by atoms with Gasteiger partial charge in [0.25, 0.3) is 0 Å². The van der Waals surface area contributed by atoms with Crippen molar-refractivity contribution >= 4 is 5.97 Å². The van der Waals surface area contributed by atoms with Crippen LogP contribution >= 0.6 is 0 Å². The summed E-state index contributed by atoms with van der Waals surface area (Å²) in [5.41, 5.74) is 3.51. The second-order valence-corrected chi connectivity index (χ2v) is 8.87. The molecule has 1 unspecified atom stereocenters. The molecule has 0 fully saturated rings. The summed E-state index contributed by atoms with van der Waals surface area (Å²) < 4.78 is 5.73. The predicted octanol–water partition coefficient (Wildman–Crippen LogP) is 6.51. The van der Waals surface area contributed by atoms with E-state index in [0.717, 1.165) is 16.7 Å². The normalized spacial score (nSPS) is 13.8. The second kappa shape index (κ2) is 9.58. The number of ether oxygens (including phenoxy) is 1. The third kappa shape index (κ3) is 5.27. The molecule has 0 bridgehead atoms. The van der Waals surface area contributed by atoms with Gasteiger partial charge < -0.3 is 9.84 Å². The summed E-state index contributed by atoms with van der Waals surface area (Å²) in [7, 11) is 0. The van der Waals surface area contributed by atoms with Gasteiger partial charge in [0.2, 0.25) is 0 Å². The van der Waals surface area contributed by atoms with Crippen molar-refractivity contribution in [3.63, 3.8) is 0 Å². The van der Waals surface area contributed by atoms with Crippen LogP contribution in [0.4, 0.5) is 0 Å². The Balaban J connectivity index is 2.41. The Morgan fingerprint density at radius 3 is 1.86 bits per heavy atom. The Morgan fingerprint density at radius 2 is 1.45 bits per heavy atom. The van der Waals surface area contributed by atoms with Gasteiger partial charge in [0, 0.05) is 0 Å². The molecule has 0 spiro atoms. The minimum absolute atomic E-state index is 0.0622. The van der Waals surface area contributed by atoms with Gasteiger partial charge in [-0.15, -0.1) is 0 Å². The lowest BCUT2D eigenvalue weighted by Crippen LogP contribution is -2.32. The van der Waals surface area contributed by atoms with E-state index in [4.69, 9.17) is 4.74 Å². The van der Waals surface area contributed by atoms with Crippen LogP contribution in [0.25, 0.3) is 0 Å². The summed E-state index contributed by atoms with van der Waals surface area (Å²) in [5.74, 6) is 0.440. The summed E-state index contributed by atoms with van der Waals surface area (Å²) in [6.45, 7) is 14.6. The molecule has 0 aliphatic rings. The first kappa shape index (κ1) is 23.2. The van der Waals surface area contributed by atoms with Crippen molar-refractivity contribution in [1.82, 2.24) is 0 Å². The van der Waals surface area contributed by atoms with Gasteiger partial charge in [0.1, 0.15) is 12.2 Å². The molecule has 3 nitrogen and oxygen atoms in total. The van der Waals surface area contributed by atoms with Gasteiger partial charge in [-0.2, -0.15) is 0 Å². The number of carbonyl (C=O) groups excluding carboxylic acids is 1. The first-order valence-electron chi connectivity index (χ1n) is 10.7. The SMILES string of the molecule is CCC(O)(COC(=O)c1c(C(C)C)cc(C(C)C)cc1C(C)C)c1ccccc1. The number of hydrogen-bond donors (Lipinski definition) is 1. The van der Waals surface area contributed by atoms with E-state index in [1.807, 2.05) is 37.3 Å². The van der Waals surface area contributed by atoms with Crippen LogP contribution in [-0.2, 0) is 10.3 Å². The lowest BCUT2D eigenvalue weighted by Gasteiger charge is -2.28. The fourth-order valence-corrected chi connectivity index (χ4v) is 3.59. The third-order valence-corrected chi connectivity index (χ3v) is 5.67. The van der Waals surface area contributed by atoms with E-state index in [1.54, 1.807) is 0 Å². The van der Waals surface area contributed by atoms with E-state index in [2.05, 4.69) is 53.7 Å². The van der Waals surface area contributed by atoms with E-state index in [0.29, 0.717) is 17.9 Å². The van der Waals surface area contributed by atoms with Gasteiger partial charge >= 0.3 is 5.97 Å². The van der Waals surface area contributed by atoms with Crippen molar-refractivity contribution in [3.05, 3.63) is 70.3 Å². The molecule has 1 atom stereocenters. The van der Waals surface area contributed by atoms with E-state index in [1.165, 1.54) is 5.56 Å². The Morgan fingerprint density at radius 1 is 0.931 bits per heavy atom. The van der Waals surface area contributed by atoms with Crippen molar-refractivity contribution in [2.75, 3.05) is 6.61 Å². The molecule has 1 N–H and O–H groups in total. The van der Waals surface area contributed by atoms with Gasteiger partial charge in [-0.25, -0.2) is 4.79 Å². The molecule has 0 aliphatic heterocycles. The van der Waals surface area contributed by atoms with E-state index < -0.39 is 5.60 Å². The van der Waals surface area contributed by atoms with Gasteiger partial charge in [-0.3, -0.25) is 0 Å². The molecule has 3 heteroatoms. The van der Waals surface area contributed by atoms with Crippen LogP contribution < -0.4 is 0 Å². The van der Waals surface area contributed by atoms with E-state index in [9.17, 15) is 9.90 Å². The van der Waals surface area contributed by atoms with Crippen molar-refractivity contribution < 1.29 is 14.6 Å². The van der Waals surface area contributed by atoms with Gasteiger partial charge in [0.05, 0.1) is 5.56 Å². The number of aliphatic hydroxyl groups is 1. The molecule has 0 saturated carbocycles. The van der Waals surface area contributed by atoms with Gasteiger partial charge in [0.15, 0.2) is 0 Å². The highest BCUT2D eigenvalue weighted by Gasteiger charge is 2.31. The lowest BCUT2D eigenvalue weighted by atomic mass is 9.84. The van der Waals surface area contributed by atoms with Crippen molar-refractivity contribution in [3.8, 4) is 0 Å². The Kier molecular flexibility index (Phi) is 7.65. The van der Waals surface area contributed by atoms with Crippen LogP contribution in [0.2, 0.25) is 0 Å². The largest absolute Gasteiger partial charge is 0.459 e. The maximum Gasteiger partial charge on any atom is 0.338 e. The highest BCUT2D eigenvalue weighted by Crippen LogP contribution is 2.33.